The largest absolute Gasteiger partial charge is 0.329 e. The van der Waals surface area contributed by atoms with Crippen molar-refractivity contribution in [2.45, 2.75) is 12.5 Å². The molecule has 0 saturated carbocycles. The smallest absolute Gasteiger partial charge is 0.316 e. The summed E-state index contributed by atoms with van der Waals surface area (Å²) < 4.78 is 34.1. The fraction of sp³-hybridized carbons (Fsp3) is 0.182. The van der Waals surface area contributed by atoms with Crippen LogP contribution in [0.15, 0.2) is 59.4 Å². The van der Waals surface area contributed by atoms with Gasteiger partial charge < -0.3 is 9.42 Å². The molecule has 156 valence electrons. The maximum Gasteiger partial charge on any atom is 0.316 e. The van der Waals surface area contributed by atoms with Gasteiger partial charge in [0, 0.05) is 38.3 Å². The van der Waals surface area contributed by atoms with Crippen molar-refractivity contribution < 1.29 is 18.1 Å². The predicted octanol–water partition coefficient (Wildman–Crippen LogP) is 3.54. The van der Waals surface area contributed by atoms with Crippen LogP contribution in [-0.4, -0.2) is 37.3 Å². The number of fused-ring (bicyclic) bond motifs is 1. The molecule has 31 heavy (non-hydrogen) atoms. The highest BCUT2D eigenvalue weighted by atomic mass is 19.1. The third kappa shape index (κ3) is 3.48. The Labute approximate surface area is 175 Å². The maximum atomic E-state index is 14.0. The van der Waals surface area contributed by atoms with Gasteiger partial charge in [-0.05, 0) is 28.8 Å². The van der Waals surface area contributed by atoms with E-state index in [-0.39, 0.29) is 23.2 Å². The van der Waals surface area contributed by atoms with Crippen LogP contribution in [0.25, 0.3) is 11.4 Å². The van der Waals surface area contributed by atoms with E-state index in [0.717, 1.165) is 28.8 Å². The molecule has 0 fully saturated rings. The summed E-state index contributed by atoms with van der Waals surface area (Å²) in [6.45, 7) is 0.790. The van der Waals surface area contributed by atoms with Gasteiger partial charge in [0.15, 0.2) is 0 Å². The number of nitrogens with zero attached hydrogens (tertiary/aromatic N) is 5. The summed E-state index contributed by atoms with van der Waals surface area (Å²) in [6.07, 6.45) is 3.72. The average molecular weight is 421 g/mol. The Morgan fingerprint density at radius 1 is 1.19 bits per heavy atom. The van der Waals surface area contributed by atoms with Crippen molar-refractivity contribution in [3.8, 4) is 11.4 Å². The minimum atomic E-state index is -0.830. The second-order valence-corrected chi connectivity index (χ2v) is 7.43. The molecule has 0 radical (unpaired) electrons. The van der Waals surface area contributed by atoms with Gasteiger partial charge in [-0.2, -0.15) is 10.1 Å². The van der Waals surface area contributed by atoms with E-state index in [1.165, 1.54) is 6.07 Å². The van der Waals surface area contributed by atoms with Crippen molar-refractivity contribution in [1.29, 1.82) is 0 Å². The number of hydrogen-bond acceptors (Lipinski definition) is 5. The molecule has 4 aromatic rings. The van der Waals surface area contributed by atoms with Crippen LogP contribution in [-0.2, 0) is 13.6 Å². The third-order valence-corrected chi connectivity index (χ3v) is 5.39. The SMILES string of the molecule is Cn1cc(C2CN(C(=O)c3nc(-c4ccc(F)cc4F)no3)Cc3ccccc32)cn1. The standard InChI is InChI=1S/C22H17F2N5O2/c1-28-10-14(9-25-28)18-12-29(11-13-4-2-3-5-16(13)18)22(30)21-26-20(27-31-21)17-7-6-15(23)8-19(17)24/h2-10,18H,11-12H2,1H3. The van der Waals surface area contributed by atoms with Crippen LogP contribution >= 0.6 is 0 Å². The predicted molar refractivity (Wildman–Crippen MR) is 106 cm³/mol. The van der Waals surface area contributed by atoms with E-state index in [1.807, 2.05) is 31.4 Å². The van der Waals surface area contributed by atoms with Crippen LogP contribution in [0.4, 0.5) is 8.78 Å². The first-order chi connectivity index (χ1) is 15.0. The van der Waals surface area contributed by atoms with Crippen molar-refractivity contribution in [1.82, 2.24) is 24.8 Å². The molecule has 0 N–H and O–H groups in total. The molecule has 5 rings (SSSR count). The highest BCUT2D eigenvalue weighted by Crippen LogP contribution is 2.34. The van der Waals surface area contributed by atoms with Gasteiger partial charge in [0.2, 0.25) is 5.82 Å². The number of rotatable bonds is 3. The van der Waals surface area contributed by atoms with E-state index >= 15 is 0 Å². The number of benzene rings is 2. The summed E-state index contributed by atoms with van der Waals surface area (Å²) in [4.78, 5) is 18.8. The molecule has 1 aliphatic rings. The number of aryl methyl sites for hydroxylation is 1. The fourth-order valence-electron chi connectivity index (χ4n) is 3.89. The number of aromatic nitrogens is 4. The number of hydrogen-bond donors (Lipinski definition) is 0. The summed E-state index contributed by atoms with van der Waals surface area (Å²) >= 11 is 0. The monoisotopic (exact) mass is 421 g/mol. The van der Waals surface area contributed by atoms with Gasteiger partial charge in [0.25, 0.3) is 0 Å². The minimum absolute atomic E-state index is 0.0403. The van der Waals surface area contributed by atoms with Crippen LogP contribution in [0.3, 0.4) is 0 Å². The Balaban J connectivity index is 1.45. The van der Waals surface area contributed by atoms with Crippen molar-refractivity contribution >= 4 is 5.91 Å². The Morgan fingerprint density at radius 2 is 2.03 bits per heavy atom. The first kappa shape index (κ1) is 19.1. The number of carbonyl (C=O) groups excluding carboxylic acids is 1. The first-order valence-electron chi connectivity index (χ1n) is 9.64. The van der Waals surface area contributed by atoms with Gasteiger partial charge in [-0.25, -0.2) is 8.78 Å². The Hall–Kier alpha value is -3.88. The van der Waals surface area contributed by atoms with Crippen molar-refractivity contribution in [2.24, 2.45) is 7.05 Å². The molecule has 3 heterocycles. The van der Waals surface area contributed by atoms with Crippen molar-refractivity contribution in [3.63, 3.8) is 0 Å². The van der Waals surface area contributed by atoms with Crippen LogP contribution in [0.1, 0.15) is 33.3 Å². The lowest BCUT2D eigenvalue weighted by Gasteiger charge is -2.33. The molecule has 0 aliphatic carbocycles. The summed E-state index contributed by atoms with van der Waals surface area (Å²) in [5.74, 6) is -2.41. The van der Waals surface area contributed by atoms with Crippen molar-refractivity contribution in [2.75, 3.05) is 6.54 Å². The highest BCUT2D eigenvalue weighted by molar-refractivity contribution is 5.90. The van der Waals surface area contributed by atoms with E-state index in [4.69, 9.17) is 4.52 Å². The zero-order chi connectivity index (χ0) is 21.5. The lowest BCUT2D eigenvalue weighted by molar-refractivity contribution is 0.0674. The molecule has 1 amide bonds. The zero-order valence-electron chi connectivity index (χ0n) is 16.5. The van der Waals surface area contributed by atoms with Gasteiger partial charge in [-0.3, -0.25) is 9.48 Å². The first-order valence-corrected chi connectivity index (χ1v) is 9.64. The fourth-order valence-corrected chi connectivity index (χ4v) is 3.89. The molecule has 1 unspecified atom stereocenters. The lowest BCUT2D eigenvalue weighted by atomic mass is 9.86. The Kier molecular flexibility index (Phi) is 4.58. The van der Waals surface area contributed by atoms with Crippen LogP contribution in [0.2, 0.25) is 0 Å². The number of carbonyl (C=O) groups is 1. The summed E-state index contributed by atoms with van der Waals surface area (Å²) in [5, 5.41) is 7.96. The minimum Gasteiger partial charge on any atom is -0.329 e. The second kappa shape index (κ2) is 7.42. The van der Waals surface area contributed by atoms with E-state index in [2.05, 4.69) is 21.3 Å². The van der Waals surface area contributed by atoms with Crippen LogP contribution in [0.5, 0.6) is 0 Å². The molecule has 7 nitrogen and oxygen atoms in total. The van der Waals surface area contributed by atoms with Gasteiger partial charge in [0.1, 0.15) is 11.6 Å². The molecule has 1 aliphatic heterocycles. The molecule has 2 aromatic carbocycles. The topological polar surface area (TPSA) is 77.0 Å². The molecule has 0 saturated heterocycles. The maximum absolute atomic E-state index is 14.0. The number of halogens is 2. The normalized spacial score (nSPS) is 15.7. The molecule has 9 heteroatoms. The van der Waals surface area contributed by atoms with Crippen molar-refractivity contribution in [3.05, 3.63) is 89.1 Å². The molecule has 0 bridgehead atoms. The van der Waals surface area contributed by atoms with Gasteiger partial charge in [-0.15, -0.1) is 0 Å². The zero-order valence-corrected chi connectivity index (χ0v) is 16.5. The average Bonchev–Trinajstić information content (AvgIpc) is 3.42. The van der Waals surface area contributed by atoms with E-state index in [9.17, 15) is 13.6 Å². The quantitative estimate of drug-likeness (QED) is 0.506. The van der Waals surface area contributed by atoms with Gasteiger partial charge in [-0.1, -0.05) is 29.4 Å². The third-order valence-electron chi connectivity index (χ3n) is 5.39. The van der Waals surface area contributed by atoms with Crippen LogP contribution < -0.4 is 0 Å². The summed E-state index contributed by atoms with van der Waals surface area (Å²) in [6, 6.07) is 11.0. The molecule has 0 spiro atoms. The second-order valence-electron chi connectivity index (χ2n) is 7.43. The molecule has 1 atom stereocenters. The Morgan fingerprint density at radius 3 is 2.81 bits per heavy atom. The molecular weight excluding hydrogens is 404 g/mol. The summed E-state index contributed by atoms with van der Waals surface area (Å²) in [5.41, 5.74) is 3.10. The van der Waals surface area contributed by atoms with Gasteiger partial charge in [0.05, 0.1) is 11.8 Å². The molecule has 2 aromatic heterocycles. The van der Waals surface area contributed by atoms with Crippen LogP contribution in [0, 0.1) is 11.6 Å². The highest BCUT2D eigenvalue weighted by Gasteiger charge is 2.32. The Bertz CT molecular complexity index is 1280. The van der Waals surface area contributed by atoms with E-state index < -0.39 is 17.5 Å². The van der Waals surface area contributed by atoms with E-state index in [0.29, 0.717) is 13.1 Å². The lowest BCUT2D eigenvalue weighted by Crippen LogP contribution is -2.38. The summed E-state index contributed by atoms with van der Waals surface area (Å²) in [7, 11) is 1.84. The molecular formula is C22H17F2N5O2. The van der Waals surface area contributed by atoms with Gasteiger partial charge >= 0.3 is 11.8 Å². The van der Waals surface area contributed by atoms with E-state index in [1.54, 1.807) is 15.8 Å². The number of amides is 1.